The Kier molecular flexibility index (Phi) is 3.31. The summed E-state index contributed by atoms with van der Waals surface area (Å²) in [4.78, 5) is 7.01. The SMILES string of the molecule is Cc1ccc2oc(-c3ccccc3N3CCOCC3)nc2c1. The van der Waals surface area contributed by atoms with Gasteiger partial charge in [-0.2, -0.15) is 0 Å². The average molecular weight is 294 g/mol. The number of oxazole rings is 1. The Morgan fingerprint density at radius 1 is 1.05 bits per heavy atom. The molecule has 4 nitrogen and oxygen atoms in total. The van der Waals surface area contributed by atoms with E-state index in [0.29, 0.717) is 5.89 Å². The molecule has 0 amide bonds. The van der Waals surface area contributed by atoms with Crippen molar-refractivity contribution in [2.75, 3.05) is 31.2 Å². The summed E-state index contributed by atoms with van der Waals surface area (Å²) in [6.45, 7) is 5.39. The number of nitrogens with zero attached hydrogens (tertiary/aromatic N) is 2. The first-order valence-corrected chi connectivity index (χ1v) is 7.60. The van der Waals surface area contributed by atoms with E-state index in [1.54, 1.807) is 0 Å². The quantitative estimate of drug-likeness (QED) is 0.723. The number of morpholine rings is 1. The number of benzene rings is 2. The maximum Gasteiger partial charge on any atom is 0.229 e. The van der Waals surface area contributed by atoms with Crippen molar-refractivity contribution in [3.8, 4) is 11.5 Å². The second kappa shape index (κ2) is 5.46. The molecule has 0 unspecified atom stereocenters. The first kappa shape index (κ1) is 13.3. The molecule has 4 heteroatoms. The number of hydrogen-bond acceptors (Lipinski definition) is 4. The van der Waals surface area contributed by atoms with Crippen LogP contribution in [0.1, 0.15) is 5.56 Å². The summed E-state index contributed by atoms with van der Waals surface area (Å²) in [6.07, 6.45) is 0. The molecule has 0 aliphatic carbocycles. The third-order valence-electron chi connectivity index (χ3n) is 4.03. The van der Waals surface area contributed by atoms with Crippen LogP contribution in [0.3, 0.4) is 0 Å². The van der Waals surface area contributed by atoms with Gasteiger partial charge in [0.2, 0.25) is 5.89 Å². The molecule has 1 fully saturated rings. The Morgan fingerprint density at radius 2 is 1.86 bits per heavy atom. The average Bonchev–Trinajstić information content (AvgIpc) is 2.98. The summed E-state index contributed by atoms with van der Waals surface area (Å²) in [5, 5.41) is 0. The Balaban J connectivity index is 1.80. The number of aromatic nitrogens is 1. The summed E-state index contributed by atoms with van der Waals surface area (Å²) in [5.41, 5.74) is 5.13. The van der Waals surface area contributed by atoms with Crippen LogP contribution in [0.4, 0.5) is 5.69 Å². The van der Waals surface area contributed by atoms with Crippen LogP contribution in [0.2, 0.25) is 0 Å². The summed E-state index contributed by atoms with van der Waals surface area (Å²) >= 11 is 0. The highest BCUT2D eigenvalue weighted by Gasteiger charge is 2.18. The lowest BCUT2D eigenvalue weighted by Crippen LogP contribution is -2.36. The van der Waals surface area contributed by atoms with E-state index >= 15 is 0 Å². The van der Waals surface area contributed by atoms with Crippen LogP contribution in [0.25, 0.3) is 22.6 Å². The molecule has 1 aliphatic heterocycles. The minimum Gasteiger partial charge on any atom is -0.436 e. The van der Waals surface area contributed by atoms with E-state index in [9.17, 15) is 0 Å². The van der Waals surface area contributed by atoms with Crippen LogP contribution in [-0.4, -0.2) is 31.3 Å². The number of aryl methyl sites for hydroxylation is 1. The van der Waals surface area contributed by atoms with Gasteiger partial charge in [0.25, 0.3) is 0 Å². The first-order chi connectivity index (χ1) is 10.8. The van der Waals surface area contributed by atoms with E-state index in [4.69, 9.17) is 9.15 Å². The molecule has 0 atom stereocenters. The van der Waals surface area contributed by atoms with Crippen molar-refractivity contribution < 1.29 is 9.15 Å². The fraction of sp³-hybridized carbons (Fsp3) is 0.278. The van der Waals surface area contributed by atoms with E-state index in [2.05, 4.69) is 41.1 Å². The lowest BCUT2D eigenvalue weighted by molar-refractivity contribution is 0.122. The first-order valence-electron chi connectivity index (χ1n) is 7.60. The van der Waals surface area contributed by atoms with Gasteiger partial charge in [0.1, 0.15) is 5.52 Å². The third kappa shape index (κ3) is 2.35. The minimum atomic E-state index is 0.683. The molecule has 4 rings (SSSR count). The smallest absolute Gasteiger partial charge is 0.229 e. The van der Waals surface area contributed by atoms with Gasteiger partial charge in [0, 0.05) is 18.8 Å². The summed E-state index contributed by atoms with van der Waals surface area (Å²) in [7, 11) is 0. The minimum absolute atomic E-state index is 0.683. The molecule has 1 aromatic heterocycles. The molecule has 2 heterocycles. The van der Waals surface area contributed by atoms with Crippen LogP contribution < -0.4 is 4.90 Å². The van der Waals surface area contributed by atoms with E-state index in [1.165, 1.54) is 5.56 Å². The lowest BCUT2D eigenvalue weighted by Gasteiger charge is -2.30. The number of fused-ring (bicyclic) bond motifs is 1. The molecule has 3 aromatic rings. The van der Waals surface area contributed by atoms with Crippen LogP contribution >= 0.6 is 0 Å². The van der Waals surface area contributed by atoms with Gasteiger partial charge in [0.15, 0.2) is 5.58 Å². The van der Waals surface area contributed by atoms with Crippen LogP contribution in [0, 0.1) is 6.92 Å². The molecule has 0 saturated carbocycles. The monoisotopic (exact) mass is 294 g/mol. The highest BCUT2D eigenvalue weighted by atomic mass is 16.5. The van der Waals surface area contributed by atoms with E-state index in [1.807, 2.05) is 18.2 Å². The van der Waals surface area contributed by atoms with Gasteiger partial charge in [-0.1, -0.05) is 18.2 Å². The summed E-state index contributed by atoms with van der Waals surface area (Å²) in [6, 6.07) is 14.4. The highest BCUT2D eigenvalue weighted by Crippen LogP contribution is 2.32. The fourth-order valence-corrected chi connectivity index (χ4v) is 2.89. The Morgan fingerprint density at radius 3 is 2.73 bits per heavy atom. The van der Waals surface area contributed by atoms with E-state index in [0.717, 1.165) is 48.7 Å². The maximum atomic E-state index is 5.97. The van der Waals surface area contributed by atoms with Gasteiger partial charge >= 0.3 is 0 Å². The zero-order valence-electron chi connectivity index (χ0n) is 12.6. The van der Waals surface area contributed by atoms with Gasteiger partial charge < -0.3 is 14.1 Å². The fourth-order valence-electron chi connectivity index (χ4n) is 2.89. The standard InChI is InChI=1S/C18H18N2O2/c1-13-6-7-17-15(12-13)19-18(22-17)14-4-2-3-5-16(14)20-8-10-21-11-9-20/h2-7,12H,8-11H2,1H3. The largest absolute Gasteiger partial charge is 0.436 e. The second-order valence-corrected chi connectivity index (χ2v) is 5.61. The van der Waals surface area contributed by atoms with Gasteiger partial charge in [0.05, 0.1) is 18.8 Å². The predicted octanol–water partition coefficient (Wildman–Crippen LogP) is 3.64. The Labute approximate surface area is 129 Å². The number of para-hydroxylation sites is 1. The maximum absolute atomic E-state index is 5.97. The van der Waals surface area contributed by atoms with Crippen molar-refractivity contribution in [2.24, 2.45) is 0 Å². The molecule has 0 spiro atoms. The van der Waals surface area contributed by atoms with Crippen molar-refractivity contribution in [1.29, 1.82) is 0 Å². The third-order valence-corrected chi connectivity index (χ3v) is 4.03. The number of anilines is 1. The molecule has 112 valence electrons. The van der Waals surface area contributed by atoms with Crippen molar-refractivity contribution in [1.82, 2.24) is 4.98 Å². The zero-order chi connectivity index (χ0) is 14.9. The van der Waals surface area contributed by atoms with Gasteiger partial charge in [-0.15, -0.1) is 0 Å². The Hall–Kier alpha value is -2.33. The molecule has 0 bridgehead atoms. The topological polar surface area (TPSA) is 38.5 Å². The summed E-state index contributed by atoms with van der Waals surface area (Å²) in [5.74, 6) is 0.683. The van der Waals surface area contributed by atoms with E-state index in [-0.39, 0.29) is 0 Å². The molecule has 0 N–H and O–H groups in total. The second-order valence-electron chi connectivity index (χ2n) is 5.61. The molecule has 1 saturated heterocycles. The number of rotatable bonds is 2. The van der Waals surface area contributed by atoms with Gasteiger partial charge in [-0.25, -0.2) is 4.98 Å². The number of hydrogen-bond donors (Lipinski definition) is 0. The number of ether oxygens (including phenoxy) is 1. The molecule has 2 aromatic carbocycles. The molecule has 0 radical (unpaired) electrons. The normalized spacial score (nSPS) is 15.4. The molecule has 22 heavy (non-hydrogen) atoms. The van der Waals surface area contributed by atoms with E-state index < -0.39 is 0 Å². The Bertz CT molecular complexity index is 804. The van der Waals surface area contributed by atoms with Crippen molar-refractivity contribution in [3.63, 3.8) is 0 Å². The van der Waals surface area contributed by atoms with Crippen molar-refractivity contribution >= 4 is 16.8 Å². The van der Waals surface area contributed by atoms with Gasteiger partial charge in [-0.05, 0) is 36.8 Å². The van der Waals surface area contributed by atoms with Gasteiger partial charge in [-0.3, -0.25) is 0 Å². The predicted molar refractivity (Wildman–Crippen MR) is 87.2 cm³/mol. The van der Waals surface area contributed by atoms with Crippen LogP contribution in [0.5, 0.6) is 0 Å². The van der Waals surface area contributed by atoms with Crippen LogP contribution in [0.15, 0.2) is 46.9 Å². The molecular weight excluding hydrogens is 276 g/mol. The molecule has 1 aliphatic rings. The van der Waals surface area contributed by atoms with Crippen molar-refractivity contribution in [2.45, 2.75) is 6.92 Å². The molecular formula is C18H18N2O2. The zero-order valence-corrected chi connectivity index (χ0v) is 12.6. The lowest BCUT2D eigenvalue weighted by atomic mass is 10.1. The summed E-state index contributed by atoms with van der Waals surface area (Å²) < 4.78 is 11.4. The highest BCUT2D eigenvalue weighted by molar-refractivity contribution is 5.81. The van der Waals surface area contributed by atoms with Crippen molar-refractivity contribution in [3.05, 3.63) is 48.0 Å². The van der Waals surface area contributed by atoms with Crippen LogP contribution in [-0.2, 0) is 4.74 Å².